The molecule has 2 rings (SSSR count). The van der Waals surface area contributed by atoms with E-state index in [0.717, 1.165) is 11.1 Å². The molecule has 1 unspecified atom stereocenters. The topological polar surface area (TPSA) is 61.1 Å². The number of nitrogens with zero attached hydrogens (tertiary/aromatic N) is 1. The maximum atomic E-state index is 11.7. The Morgan fingerprint density at radius 3 is 1.76 bits per heavy atom. The van der Waals surface area contributed by atoms with Gasteiger partial charge in [0.2, 0.25) is 0 Å². The second-order valence-corrected chi connectivity index (χ2v) is 4.68. The summed E-state index contributed by atoms with van der Waals surface area (Å²) in [5.41, 5.74) is 2.30. The van der Waals surface area contributed by atoms with Crippen molar-refractivity contribution in [3.8, 4) is 6.07 Å². The first kappa shape index (κ1) is 14.5. The number of hydrogen-bond donors (Lipinski definition) is 1. The van der Waals surface area contributed by atoms with Crippen LogP contribution in [-0.4, -0.2) is 11.1 Å². The molecule has 1 atom stereocenters. The van der Waals surface area contributed by atoms with Crippen molar-refractivity contribution in [3.05, 3.63) is 77.4 Å². The fourth-order valence-corrected chi connectivity index (χ4v) is 2.26. The lowest BCUT2D eigenvalue weighted by Crippen LogP contribution is -2.12. The molecule has 0 fully saturated rings. The van der Waals surface area contributed by atoms with Crippen LogP contribution in [0, 0.1) is 17.2 Å². The van der Waals surface area contributed by atoms with Crippen molar-refractivity contribution in [2.75, 3.05) is 0 Å². The molecule has 0 heterocycles. The highest BCUT2D eigenvalue weighted by Crippen LogP contribution is 2.30. The van der Waals surface area contributed by atoms with E-state index in [4.69, 9.17) is 5.26 Å². The Morgan fingerprint density at radius 2 is 1.43 bits per heavy atom. The highest BCUT2D eigenvalue weighted by molar-refractivity contribution is 6.01. The van der Waals surface area contributed by atoms with Crippen molar-refractivity contribution in [1.82, 2.24) is 0 Å². The van der Waals surface area contributed by atoms with E-state index in [1.54, 1.807) is 6.92 Å². The van der Waals surface area contributed by atoms with Crippen LogP contribution in [-0.2, 0) is 4.79 Å². The standard InChI is InChI=1S/C18H15NO2/c1-13(12-19)16(18(20)21)17(14-8-4-2-5-9-14)15-10-6-3-7-11-15/h2-11,13H,1H3,(H,20,21). The Hall–Kier alpha value is -2.86. The maximum Gasteiger partial charge on any atom is 0.333 e. The molecule has 0 amide bonds. The number of nitriles is 1. The molecule has 0 aliphatic rings. The largest absolute Gasteiger partial charge is 0.478 e. The first-order valence-corrected chi connectivity index (χ1v) is 6.63. The van der Waals surface area contributed by atoms with E-state index in [9.17, 15) is 9.90 Å². The monoisotopic (exact) mass is 277 g/mol. The zero-order valence-corrected chi connectivity index (χ0v) is 11.7. The first-order valence-electron chi connectivity index (χ1n) is 6.63. The molecule has 0 spiro atoms. The summed E-state index contributed by atoms with van der Waals surface area (Å²) in [7, 11) is 0. The zero-order valence-electron chi connectivity index (χ0n) is 11.7. The fraction of sp³-hybridized carbons (Fsp3) is 0.111. The minimum absolute atomic E-state index is 0.120. The number of carbonyl (C=O) groups is 1. The number of rotatable bonds is 4. The normalized spacial score (nSPS) is 11.2. The summed E-state index contributed by atoms with van der Waals surface area (Å²) >= 11 is 0. The molecular formula is C18H15NO2. The highest BCUT2D eigenvalue weighted by atomic mass is 16.4. The quantitative estimate of drug-likeness (QED) is 0.866. The second-order valence-electron chi connectivity index (χ2n) is 4.68. The predicted octanol–water partition coefficient (Wildman–Crippen LogP) is 3.73. The Kier molecular flexibility index (Phi) is 4.53. The van der Waals surface area contributed by atoms with Crippen LogP contribution in [0.4, 0.5) is 0 Å². The van der Waals surface area contributed by atoms with Crippen LogP contribution >= 0.6 is 0 Å². The van der Waals surface area contributed by atoms with Crippen LogP contribution < -0.4 is 0 Å². The summed E-state index contributed by atoms with van der Waals surface area (Å²) in [4.78, 5) is 11.7. The van der Waals surface area contributed by atoms with Crippen molar-refractivity contribution in [2.45, 2.75) is 6.92 Å². The van der Waals surface area contributed by atoms with Crippen molar-refractivity contribution in [1.29, 1.82) is 5.26 Å². The third-order valence-electron chi connectivity index (χ3n) is 3.25. The van der Waals surface area contributed by atoms with Gasteiger partial charge in [0.05, 0.1) is 17.6 Å². The molecule has 1 N–H and O–H groups in total. The lowest BCUT2D eigenvalue weighted by atomic mass is 9.88. The molecule has 0 aliphatic carbocycles. The van der Waals surface area contributed by atoms with Gasteiger partial charge in [-0.05, 0) is 18.1 Å². The van der Waals surface area contributed by atoms with Crippen LogP contribution in [0.1, 0.15) is 18.1 Å². The van der Waals surface area contributed by atoms with Crippen molar-refractivity contribution >= 4 is 11.5 Å². The van der Waals surface area contributed by atoms with Crippen LogP contribution in [0.3, 0.4) is 0 Å². The molecule has 0 saturated carbocycles. The summed E-state index contributed by atoms with van der Waals surface area (Å²) in [6.07, 6.45) is 0. The Balaban J connectivity index is 2.77. The van der Waals surface area contributed by atoms with Crippen LogP contribution in [0.2, 0.25) is 0 Å². The highest BCUT2D eigenvalue weighted by Gasteiger charge is 2.23. The zero-order chi connectivity index (χ0) is 15.2. The number of benzene rings is 2. The lowest BCUT2D eigenvalue weighted by molar-refractivity contribution is -0.132. The van der Waals surface area contributed by atoms with Crippen LogP contribution in [0.15, 0.2) is 66.2 Å². The number of hydrogen-bond acceptors (Lipinski definition) is 2. The van der Waals surface area contributed by atoms with E-state index in [0.29, 0.717) is 5.57 Å². The third-order valence-corrected chi connectivity index (χ3v) is 3.25. The molecule has 2 aromatic rings. The van der Waals surface area contributed by atoms with Gasteiger partial charge >= 0.3 is 5.97 Å². The Morgan fingerprint density at radius 1 is 1.00 bits per heavy atom. The van der Waals surface area contributed by atoms with E-state index < -0.39 is 11.9 Å². The Bertz CT molecular complexity index is 656. The van der Waals surface area contributed by atoms with Gasteiger partial charge in [-0.1, -0.05) is 60.7 Å². The van der Waals surface area contributed by atoms with E-state index in [1.165, 1.54) is 0 Å². The smallest absolute Gasteiger partial charge is 0.333 e. The van der Waals surface area contributed by atoms with Gasteiger partial charge in [-0.3, -0.25) is 0 Å². The van der Waals surface area contributed by atoms with Crippen LogP contribution in [0.25, 0.3) is 5.57 Å². The van der Waals surface area contributed by atoms with Gasteiger partial charge in [-0.2, -0.15) is 5.26 Å². The predicted molar refractivity (Wildman–Crippen MR) is 81.3 cm³/mol. The summed E-state index contributed by atoms with van der Waals surface area (Å²) < 4.78 is 0. The number of aliphatic carboxylic acids is 1. The molecule has 0 bridgehead atoms. The SMILES string of the molecule is CC(C#N)C(C(=O)O)=C(c1ccccc1)c1ccccc1. The lowest BCUT2D eigenvalue weighted by Gasteiger charge is -2.15. The summed E-state index contributed by atoms with van der Waals surface area (Å²) in [5, 5.41) is 18.7. The molecule has 21 heavy (non-hydrogen) atoms. The number of carboxylic acid groups (broad SMARTS) is 1. The molecule has 0 saturated heterocycles. The molecule has 2 aromatic carbocycles. The summed E-state index contributed by atoms with van der Waals surface area (Å²) in [6, 6.07) is 20.6. The average molecular weight is 277 g/mol. The van der Waals surface area contributed by atoms with E-state index in [1.807, 2.05) is 66.7 Å². The fourth-order valence-electron chi connectivity index (χ4n) is 2.26. The van der Waals surface area contributed by atoms with E-state index in [2.05, 4.69) is 0 Å². The maximum absolute atomic E-state index is 11.7. The van der Waals surface area contributed by atoms with Gasteiger partial charge in [0.15, 0.2) is 0 Å². The average Bonchev–Trinajstić information content (AvgIpc) is 2.53. The first-order chi connectivity index (χ1) is 10.1. The Labute approximate surface area is 123 Å². The molecule has 3 heteroatoms. The van der Waals surface area contributed by atoms with Crippen molar-refractivity contribution in [2.24, 2.45) is 5.92 Å². The second kappa shape index (κ2) is 6.53. The van der Waals surface area contributed by atoms with Crippen molar-refractivity contribution in [3.63, 3.8) is 0 Å². The summed E-state index contributed by atoms with van der Waals surface area (Å²) in [5.74, 6) is -1.76. The minimum atomic E-state index is -1.06. The van der Waals surface area contributed by atoms with Crippen LogP contribution in [0.5, 0.6) is 0 Å². The van der Waals surface area contributed by atoms with Gasteiger partial charge < -0.3 is 5.11 Å². The molecule has 0 aromatic heterocycles. The molecule has 104 valence electrons. The van der Waals surface area contributed by atoms with Gasteiger partial charge in [0.1, 0.15) is 0 Å². The van der Waals surface area contributed by atoms with Crippen molar-refractivity contribution < 1.29 is 9.90 Å². The van der Waals surface area contributed by atoms with Gasteiger partial charge in [-0.25, -0.2) is 4.79 Å². The van der Waals surface area contributed by atoms with Gasteiger partial charge in [-0.15, -0.1) is 0 Å². The number of carboxylic acids is 1. The molecule has 3 nitrogen and oxygen atoms in total. The van der Waals surface area contributed by atoms with Gasteiger partial charge in [0.25, 0.3) is 0 Å². The molecule has 0 radical (unpaired) electrons. The molecule has 0 aliphatic heterocycles. The minimum Gasteiger partial charge on any atom is -0.478 e. The van der Waals surface area contributed by atoms with E-state index in [-0.39, 0.29) is 5.57 Å². The third kappa shape index (κ3) is 3.18. The van der Waals surface area contributed by atoms with E-state index >= 15 is 0 Å². The molecular weight excluding hydrogens is 262 g/mol. The summed E-state index contributed by atoms with van der Waals surface area (Å²) in [6.45, 7) is 1.61. The van der Waals surface area contributed by atoms with Gasteiger partial charge in [0, 0.05) is 5.57 Å².